The Hall–Kier alpha value is -3.61. The van der Waals surface area contributed by atoms with E-state index < -0.39 is 11.0 Å². The van der Waals surface area contributed by atoms with Crippen LogP contribution in [0.2, 0.25) is 0 Å². The molecule has 1 heterocycles. The highest BCUT2D eigenvalue weighted by molar-refractivity contribution is 5.84. The molecule has 0 unspecified atom stereocenters. The molecule has 0 bridgehead atoms. The molecule has 2 aromatic rings. The molecule has 42 heavy (non-hydrogen) atoms. The van der Waals surface area contributed by atoms with Crippen LogP contribution < -0.4 is 0 Å². The molecule has 1 amide bonds. The second kappa shape index (κ2) is 14.5. The number of amides is 1. The minimum atomic E-state index is -0.659. The molecule has 0 spiro atoms. The highest BCUT2D eigenvalue weighted by Crippen LogP contribution is 2.41. The van der Waals surface area contributed by atoms with Gasteiger partial charge in [-0.1, -0.05) is 86.0 Å². The van der Waals surface area contributed by atoms with Crippen molar-refractivity contribution < 1.29 is 28.6 Å². The number of esters is 2. The molecular weight excluding hydrogens is 530 g/mol. The first-order valence-corrected chi connectivity index (χ1v) is 15.3. The summed E-state index contributed by atoms with van der Waals surface area (Å²) >= 11 is 0. The second-order valence-corrected chi connectivity index (χ2v) is 12.5. The quantitative estimate of drug-likeness (QED) is 0.232. The fourth-order valence-electron chi connectivity index (χ4n) is 5.73. The number of likely N-dealkylation sites (tertiary alicyclic amines) is 1. The monoisotopic (exact) mass is 575 g/mol. The van der Waals surface area contributed by atoms with Gasteiger partial charge in [0.25, 0.3) is 0 Å². The van der Waals surface area contributed by atoms with E-state index in [2.05, 4.69) is 6.07 Å². The molecule has 0 atom stereocenters. The van der Waals surface area contributed by atoms with Crippen molar-refractivity contribution in [1.29, 1.82) is 0 Å². The molecule has 1 saturated heterocycles. The van der Waals surface area contributed by atoms with Crippen LogP contribution in [0.4, 0.5) is 4.79 Å². The summed E-state index contributed by atoms with van der Waals surface area (Å²) in [6.07, 6.45) is 9.80. The van der Waals surface area contributed by atoms with Gasteiger partial charge in [0.2, 0.25) is 0 Å². The van der Waals surface area contributed by atoms with Gasteiger partial charge in [-0.25, -0.2) is 4.79 Å². The molecule has 0 aromatic heterocycles. The molecule has 4 rings (SSSR count). The van der Waals surface area contributed by atoms with Gasteiger partial charge in [-0.3, -0.25) is 9.59 Å². The van der Waals surface area contributed by atoms with Gasteiger partial charge in [-0.15, -0.1) is 0 Å². The highest BCUT2D eigenvalue weighted by Gasteiger charge is 2.43. The third-order valence-electron chi connectivity index (χ3n) is 8.09. The number of carbonyl (C=O) groups excluding carboxylic acids is 3. The van der Waals surface area contributed by atoms with Crippen molar-refractivity contribution in [3.8, 4) is 0 Å². The van der Waals surface area contributed by atoms with Crippen molar-refractivity contribution in [3.63, 3.8) is 0 Å². The first-order chi connectivity index (χ1) is 20.1. The zero-order valence-corrected chi connectivity index (χ0v) is 25.3. The van der Waals surface area contributed by atoms with Crippen LogP contribution in [0.3, 0.4) is 0 Å². The Morgan fingerprint density at radius 1 is 0.929 bits per heavy atom. The molecule has 0 radical (unpaired) electrons. The standard InChI is InChI=1S/C35H45NO6/c1-34(2,3)42-33(39)36-22-18-29(19-23-36)26-41-32(38)35(20-8-5-9-21-35)30-16-10-14-27(24-30)15-11-17-31(37)40-25-28-12-6-4-7-13-28/h4,6-7,10-16,24,29H,5,8-9,17-23,25-26H2,1-3H3. The SMILES string of the molecule is CC(C)(C)OC(=O)N1CCC(COC(=O)C2(c3cccc(C=CCC(=O)OCc4ccccc4)c3)CCCCC2)CC1. The van der Waals surface area contributed by atoms with Gasteiger partial charge >= 0.3 is 18.0 Å². The highest BCUT2D eigenvalue weighted by atomic mass is 16.6. The number of piperidine rings is 1. The molecule has 7 heteroatoms. The predicted octanol–water partition coefficient (Wildman–Crippen LogP) is 7.23. The van der Waals surface area contributed by atoms with Gasteiger partial charge in [-0.2, -0.15) is 0 Å². The Balaban J connectivity index is 1.32. The predicted molar refractivity (Wildman–Crippen MR) is 163 cm³/mol. The summed E-state index contributed by atoms with van der Waals surface area (Å²) in [5.41, 5.74) is 1.70. The van der Waals surface area contributed by atoms with Gasteiger partial charge in [-0.05, 0) is 69.1 Å². The molecule has 7 nitrogen and oxygen atoms in total. The van der Waals surface area contributed by atoms with Crippen molar-refractivity contribution in [3.05, 3.63) is 77.4 Å². The van der Waals surface area contributed by atoms with Crippen molar-refractivity contribution in [1.82, 2.24) is 4.90 Å². The van der Waals surface area contributed by atoms with Gasteiger partial charge in [0.05, 0.1) is 18.4 Å². The van der Waals surface area contributed by atoms with E-state index >= 15 is 0 Å². The van der Waals surface area contributed by atoms with E-state index in [0.29, 0.717) is 19.7 Å². The maximum Gasteiger partial charge on any atom is 0.410 e. The van der Waals surface area contributed by atoms with Crippen LogP contribution in [0.1, 0.15) is 88.8 Å². The molecule has 2 aliphatic rings. The van der Waals surface area contributed by atoms with Crippen LogP contribution in [0.5, 0.6) is 0 Å². The summed E-state index contributed by atoms with van der Waals surface area (Å²) in [4.78, 5) is 40.1. The fourth-order valence-corrected chi connectivity index (χ4v) is 5.73. The minimum absolute atomic E-state index is 0.151. The molecule has 2 fully saturated rings. The lowest BCUT2D eigenvalue weighted by Gasteiger charge is -2.37. The van der Waals surface area contributed by atoms with Crippen LogP contribution in [-0.2, 0) is 35.8 Å². The molecule has 0 N–H and O–H groups in total. The Kier molecular flexibility index (Phi) is 10.8. The number of rotatable bonds is 9. The summed E-state index contributed by atoms with van der Waals surface area (Å²) in [6, 6.07) is 17.7. The van der Waals surface area contributed by atoms with Crippen molar-refractivity contribution >= 4 is 24.1 Å². The molecule has 2 aromatic carbocycles. The first-order valence-electron chi connectivity index (χ1n) is 15.3. The van der Waals surface area contributed by atoms with E-state index in [1.54, 1.807) is 4.90 Å². The van der Waals surface area contributed by atoms with E-state index in [1.165, 1.54) is 0 Å². The summed E-state index contributed by atoms with van der Waals surface area (Å²) in [7, 11) is 0. The summed E-state index contributed by atoms with van der Waals surface area (Å²) in [6.45, 7) is 7.45. The molecular formula is C35H45NO6. The third kappa shape index (κ3) is 8.94. The Bertz CT molecular complexity index is 1220. The van der Waals surface area contributed by atoms with Crippen LogP contribution >= 0.6 is 0 Å². The number of hydrogen-bond donors (Lipinski definition) is 0. The Labute approximate surface area is 250 Å². The van der Waals surface area contributed by atoms with E-state index in [-0.39, 0.29) is 37.0 Å². The van der Waals surface area contributed by atoms with Crippen LogP contribution in [0, 0.1) is 5.92 Å². The third-order valence-corrected chi connectivity index (χ3v) is 8.09. The summed E-state index contributed by atoms with van der Waals surface area (Å²) < 4.78 is 16.9. The minimum Gasteiger partial charge on any atom is -0.465 e. The average Bonchev–Trinajstić information content (AvgIpc) is 2.99. The summed E-state index contributed by atoms with van der Waals surface area (Å²) in [5.74, 6) is -0.206. The topological polar surface area (TPSA) is 82.1 Å². The normalized spacial score (nSPS) is 17.5. The lowest BCUT2D eigenvalue weighted by molar-refractivity contribution is -0.154. The van der Waals surface area contributed by atoms with Crippen molar-refractivity contribution in [2.45, 2.75) is 89.8 Å². The second-order valence-electron chi connectivity index (χ2n) is 12.5. The number of ether oxygens (including phenoxy) is 3. The maximum atomic E-state index is 13.7. The zero-order valence-electron chi connectivity index (χ0n) is 25.3. The first kappa shape index (κ1) is 31.3. The lowest BCUT2D eigenvalue weighted by atomic mass is 9.69. The van der Waals surface area contributed by atoms with Crippen molar-refractivity contribution in [2.24, 2.45) is 5.92 Å². The summed E-state index contributed by atoms with van der Waals surface area (Å²) in [5, 5.41) is 0. The van der Waals surface area contributed by atoms with E-state index in [4.69, 9.17) is 14.2 Å². The number of nitrogens with zero attached hydrogens (tertiary/aromatic N) is 1. The largest absolute Gasteiger partial charge is 0.465 e. The van der Waals surface area contributed by atoms with Crippen LogP contribution in [0.15, 0.2) is 60.7 Å². The number of carbonyl (C=O) groups is 3. The van der Waals surface area contributed by atoms with Crippen LogP contribution in [0.25, 0.3) is 6.08 Å². The van der Waals surface area contributed by atoms with E-state index in [9.17, 15) is 14.4 Å². The fraction of sp³-hybridized carbons (Fsp3) is 0.514. The van der Waals surface area contributed by atoms with Crippen molar-refractivity contribution in [2.75, 3.05) is 19.7 Å². The zero-order chi connectivity index (χ0) is 30.0. The molecule has 1 aliphatic carbocycles. The van der Waals surface area contributed by atoms with E-state index in [0.717, 1.165) is 61.6 Å². The van der Waals surface area contributed by atoms with Gasteiger partial charge < -0.3 is 19.1 Å². The molecule has 1 saturated carbocycles. The molecule has 226 valence electrons. The lowest BCUT2D eigenvalue weighted by Crippen LogP contribution is -2.43. The number of hydrogen-bond acceptors (Lipinski definition) is 6. The van der Waals surface area contributed by atoms with Gasteiger partial charge in [0, 0.05) is 13.1 Å². The smallest absolute Gasteiger partial charge is 0.410 e. The Morgan fingerprint density at radius 2 is 1.64 bits per heavy atom. The number of benzene rings is 2. The Morgan fingerprint density at radius 3 is 2.33 bits per heavy atom. The van der Waals surface area contributed by atoms with Crippen LogP contribution in [-0.4, -0.2) is 48.2 Å². The molecule has 1 aliphatic heterocycles. The van der Waals surface area contributed by atoms with E-state index in [1.807, 2.05) is 81.5 Å². The van der Waals surface area contributed by atoms with Gasteiger partial charge in [0.15, 0.2) is 0 Å². The van der Waals surface area contributed by atoms with Gasteiger partial charge in [0.1, 0.15) is 12.2 Å². The average molecular weight is 576 g/mol. The maximum absolute atomic E-state index is 13.7.